The van der Waals surface area contributed by atoms with E-state index in [0.29, 0.717) is 5.41 Å². The highest BCUT2D eigenvalue weighted by Gasteiger charge is 2.44. The van der Waals surface area contributed by atoms with Gasteiger partial charge in [-0.25, -0.2) is 4.98 Å². The van der Waals surface area contributed by atoms with Crippen molar-refractivity contribution in [3.63, 3.8) is 0 Å². The van der Waals surface area contributed by atoms with Crippen LogP contribution in [0.4, 0.5) is 0 Å². The summed E-state index contributed by atoms with van der Waals surface area (Å²) in [7, 11) is 1.66. The molecule has 3 nitrogen and oxygen atoms in total. The van der Waals surface area contributed by atoms with E-state index in [2.05, 4.69) is 4.98 Å². The molecule has 1 fully saturated rings. The van der Waals surface area contributed by atoms with Gasteiger partial charge in [0.05, 0.1) is 7.11 Å². The highest BCUT2D eigenvalue weighted by Crippen LogP contribution is 2.53. The third kappa shape index (κ3) is 1.56. The lowest BCUT2D eigenvalue weighted by molar-refractivity contribution is 0.412. The van der Waals surface area contributed by atoms with Gasteiger partial charge in [-0.1, -0.05) is 11.3 Å². The van der Waals surface area contributed by atoms with Crippen LogP contribution in [0.1, 0.15) is 24.1 Å². The Morgan fingerprint density at radius 2 is 2.46 bits per heavy atom. The van der Waals surface area contributed by atoms with Crippen LogP contribution < -0.4 is 10.5 Å². The Labute approximate surface area is 81.9 Å². The minimum Gasteiger partial charge on any atom is -0.473 e. The van der Waals surface area contributed by atoms with E-state index < -0.39 is 0 Å². The molecular weight excluding hydrogens is 184 g/mol. The molecule has 2 rings (SSSR count). The summed E-state index contributed by atoms with van der Waals surface area (Å²) in [5.74, 6) is 0. The first-order valence-corrected chi connectivity index (χ1v) is 5.33. The summed E-state index contributed by atoms with van der Waals surface area (Å²) >= 11 is 1.65. The fourth-order valence-electron chi connectivity index (χ4n) is 1.64. The fraction of sp³-hybridized carbons (Fsp3) is 0.667. The second kappa shape index (κ2) is 3.27. The quantitative estimate of drug-likeness (QED) is 0.798. The molecule has 0 radical (unpaired) electrons. The van der Waals surface area contributed by atoms with Gasteiger partial charge in [-0.15, -0.1) is 0 Å². The van der Waals surface area contributed by atoms with Crippen molar-refractivity contribution in [2.75, 3.05) is 13.7 Å². The first kappa shape index (κ1) is 8.97. The summed E-state index contributed by atoms with van der Waals surface area (Å²) < 4.78 is 5.07. The largest absolute Gasteiger partial charge is 0.473 e. The van der Waals surface area contributed by atoms with E-state index in [-0.39, 0.29) is 0 Å². The molecule has 1 aliphatic rings. The Kier molecular flexibility index (Phi) is 2.26. The number of nitrogens with zero attached hydrogens (tertiary/aromatic N) is 1. The molecule has 1 aromatic heterocycles. The SMILES string of the molecule is COc1ncc(C2(CCN)CC2)s1. The minimum absolute atomic E-state index is 0.364. The number of aromatic nitrogens is 1. The molecule has 0 unspecified atom stereocenters. The van der Waals surface area contributed by atoms with Crippen molar-refractivity contribution in [3.8, 4) is 5.19 Å². The second-order valence-electron chi connectivity index (χ2n) is 3.51. The maximum absolute atomic E-state index is 5.58. The number of rotatable bonds is 4. The van der Waals surface area contributed by atoms with E-state index in [0.717, 1.165) is 18.2 Å². The standard InChI is InChI=1S/C9H14N2OS/c1-12-8-11-6-7(13-8)9(2-3-9)4-5-10/h6H,2-5,10H2,1H3. The van der Waals surface area contributed by atoms with Crippen LogP contribution in [0.15, 0.2) is 6.20 Å². The molecular formula is C9H14N2OS. The first-order chi connectivity index (χ1) is 6.30. The molecule has 0 spiro atoms. The lowest BCUT2D eigenvalue weighted by atomic mass is 10.0. The maximum Gasteiger partial charge on any atom is 0.273 e. The van der Waals surface area contributed by atoms with E-state index >= 15 is 0 Å². The molecule has 0 amide bonds. The van der Waals surface area contributed by atoms with Crippen LogP contribution in [0, 0.1) is 0 Å². The summed E-state index contributed by atoms with van der Waals surface area (Å²) in [6, 6.07) is 0. The van der Waals surface area contributed by atoms with Crippen LogP contribution >= 0.6 is 11.3 Å². The Morgan fingerprint density at radius 3 is 2.92 bits per heavy atom. The average molecular weight is 198 g/mol. The van der Waals surface area contributed by atoms with E-state index in [1.807, 2.05) is 6.20 Å². The molecule has 0 aliphatic heterocycles. The van der Waals surface area contributed by atoms with Crippen molar-refractivity contribution in [1.29, 1.82) is 0 Å². The second-order valence-corrected chi connectivity index (χ2v) is 4.51. The van der Waals surface area contributed by atoms with Gasteiger partial charge in [0.25, 0.3) is 5.19 Å². The van der Waals surface area contributed by atoms with Gasteiger partial charge in [0.2, 0.25) is 0 Å². The normalized spacial score (nSPS) is 18.6. The Bertz CT molecular complexity index is 294. The van der Waals surface area contributed by atoms with Crippen molar-refractivity contribution < 1.29 is 4.74 Å². The number of methoxy groups -OCH3 is 1. The number of hydrogen-bond donors (Lipinski definition) is 1. The molecule has 0 atom stereocenters. The van der Waals surface area contributed by atoms with Crippen molar-refractivity contribution in [1.82, 2.24) is 4.98 Å². The summed E-state index contributed by atoms with van der Waals surface area (Å²) in [5, 5.41) is 0.762. The maximum atomic E-state index is 5.58. The van der Waals surface area contributed by atoms with Gasteiger partial charge >= 0.3 is 0 Å². The van der Waals surface area contributed by atoms with E-state index in [4.69, 9.17) is 10.5 Å². The number of thiazole rings is 1. The van der Waals surface area contributed by atoms with Crippen molar-refractivity contribution in [2.45, 2.75) is 24.7 Å². The smallest absolute Gasteiger partial charge is 0.273 e. The molecule has 0 saturated heterocycles. The number of hydrogen-bond acceptors (Lipinski definition) is 4. The Balaban J connectivity index is 2.15. The van der Waals surface area contributed by atoms with Crippen molar-refractivity contribution in [2.24, 2.45) is 5.73 Å². The van der Waals surface area contributed by atoms with Gasteiger partial charge in [-0.05, 0) is 25.8 Å². The predicted octanol–water partition coefficient (Wildman–Crippen LogP) is 1.53. The predicted molar refractivity (Wildman–Crippen MR) is 53.2 cm³/mol. The van der Waals surface area contributed by atoms with Crippen LogP contribution in [0.25, 0.3) is 0 Å². The van der Waals surface area contributed by atoms with Crippen molar-refractivity contribution in [3.05, 3.63) is 11.1 Å². The van der Waals surface area contributed by atoms with Crippen molar-refractivity contribution >= 4 is 11.3 Å². The zero-order valence-corrected chi connectivity index (χ0v) is 8.56. The number of ether oxygens (including phenoxy) is 1. The summed E-state index contributed by atoms with van der Waals surface area (Å²) in [5.41, 5.74) is 5.95. The molecule has 2 N–H and O–H groups in total. The Hall–Kier alpha value is -0.610. The van der Waals surface area contributed by atoms with Gasteiger partial charge in [-0.3, -0.25) is 0 Å². The van der Waals surface area contributed by atoms with Gasteiger partial charge < -0.3 is 10.5 Å². The third-order valence-corrected chi connectivity index (χ3v) is 3.86. The summed E-state index contributed by atoms with van der Waals surface area (Å²) in [6.45, 7) is 0.764. The molecule has 0 aromatic carbocycles. The Morgan fingerprint density at radius 1 is 1.69 bits per heavy atom. The number of nitrogens with two attached hydrogens (primary N) is 1. The zero-order valence-electron chi connectivity index (χ0n) is 7.75. The van der Waals surface area contributed by atoms with Crippen LogP contribution in [0.3, 0.4) is 0 Å². The molecule has 0 bridgehead atoms. The lowest BCUT2D eigenvalue weighted by Crippen LogP contribution is -2.11. The highest BCUT2D eigenvalue weighted by molar-refractivity contribution is 7.13. The van der Waals surface area contributed by atoms with Crippen LogP contribution in [0.2, 0.25) is 0 Å². The van der Waals surface area contributed by atoms with E-state index in [9.17, 15) is 0 Å². The van der Waals surface area contributed by atoms with Gasteiger partial charge in [0.15, 0.2) is 0 Å². The molecule has 1 heterocycles. The van der Waals surface area contributed by atoms with Gasteiger partial charge in [-0.2, -0.15) is 0 Å². The topological polar surface area (TPSA) is 48.1 Å². The first-order valence-electron chi connectivity index (χ1n) is 4.51. The molecule has 72 valence electrons. The molecule has 13 heavy (non-hydrogen) atoms. The average Bonchev–Trinajstić information content (AvgIpc) is 2.78. The molecule has 1 aliphatic carbocycles. The highest BCUT2D eigenvalue weighted by atomic mass is 32.1. The summed E-state index contributed by atoms with van der Waals surface area (Å²) in [6.07, 6.45) is 5.54. The third-order valence-electron chi connectivity index (χ3n) is 2.66. The van der Waals surface area contributed by atoms with Gasteiger partial charge in [0.1, 0.15) is 0 Å². The van der Waals surface area contributed by atoms with Crippen LogP contribution in [-0.2, 0) is 5.41 Å². The molecule has 4 heteroatoms. The van der Waals surface area contributed by atoms with E-state index in [1.54, 1.807) is 18.4 Å². The van der Waals surface area contributed by atoms with Gasteiger partial charge in [0, 0.05) is 16.5 Å². The molecule has 1 saturated carbocycles. The minimum atomic E-state index is 0.364. The molecule has 1 aromatic rings. The zero-order chi connectivity index (χ0) is 9.31. The van der Waals surface area contributed by atoms with E-state index in [1.165, 1.54) is 17.7 Å². The summed E-state index contributed by atoms with van der Waals surface area (Å²) in [4.78, 5) is 5.52. The van der Waals surface area contributed by atoms with Crippen LogP contribution in [0.5, 0.6) is 5.19 Å². The lowest BCUT2D eigenvalue weighted by Gasteiger charge is -2.09. The van der Waals surface area contributed by atoms with Crippen LogP contribution in [-0.4, -0.2) is 18.6 Å². The monoisotopic (exact) mass is 198 g/mol. The fourth-order valence-corrected chi connectivity index (χ4v) is 2.65.